The van der Waals surface area contributed by atoms with Gasteiger partial charge in [0.25, 0.3) is 0 Å². The second kappa shape index (κ2) is 14.6. The molecule has 0 aliphatic carbocycles. The molecule has 0 radical (unpaired) electrons. The summed E-state index contributed by atoms with van der Waals surface area (Å²) in [4.78, 5) is 0. The van der Waals surface area contributed by atoms with Gasteiger partial charge in [-0.2, -0.15) is 0 Å². The van der Waals surface area contributed by atoms with Gasteiger partial charge in [0.2, 0.25) is 0 Å². The van der Waals surface area contributed by atoms with E-state index in [4.69, 9.17) is 4.74 Å². The minimum Gasteiger partial charge on any atom is -0.486 e. The summed E-state index contributed by atoms with van der Waals surface area (Å²) < 4.78 is 5.74. The third kappa shape index (κ3) is 9.55. The fourth-order valence-electron chi connectivity index (χ4n) is 3.53. The summed E-state index contributed by atoms with van der Waals surface area (Å²) in [6.07, 6.45) is 24.5. The van der Waals surface area contributed by atoms with Gasteiger partial charge >= 0.3 is 0 Å². The molecule has 0 N–H and O–H groups in total. The highest BCUT2D eigenvalue weighted by Crippen LogP contribution is 2.34. The molecular weight excluding hydrogens is 292 g/mol. The van der Waals surface area contributed by atoms with Gasteiger partial charge in [-0.15, -0.1) is 0 Å². The Morgan fingerprint density at radius 3 is 1.79 bits per heavy atom. The molecule has 1 saturated heterocycles. The van der Waals surface area contributed by atoms with E-state index in [9.17, 15) is 0 Å². The summed E-state index contributed by atoms with van der Waals surface area (Å²) >= 11 is 0. The lowest BCUT2D eigenvalue weighted by Gasteiger charge is -2.34. The summed E-state index contributed by atoms with van der Waals surface area (Å²) in [5, 5.41) is 0. The first kappa shape index (κ1) is 21.3. The van der Waals surface area contributed by atoms with Crippen LogP contribution in [0.3, 0.4) is 0 Å². The van der Waals surface area contributed by atoms with Crippen molar-refractivity contribution >= 4 is 0 Å². The Morgan fingerprint density at radius 2 is 1.25 bits per heavy atom. The van der Waals surface area contributed by atoms with Gasteiger partial charge in [-0.05, 0) is 25.7 Å². The quantitative estimate of drug-likeness (QED) is 0.259. The van der Waals surface area contributed by atoms with Crippen LogP contribution in [0.2, 0.25) is 0 Å². The maximum atomic E-state index is 5.74. The monoisotopic (exact) mass is 334 g/mol. The van der Waals surface area contributed by atoms with Crippen molar-refractivity contribution in [1.82, 2.24) is 0 Å². The highest BCUT2D eigenvalue weighted by atomic mass is 16.5. The Kier molecular flexibility index (Phi) is 13.0. The fraction of sp³-hybridized carbons (Fsp3) is 0.826. The minimum atomic E-state index is 0.359. The maximum Gasteiger partial charge on any atom is 0.127 e. The molecule has 140 valence electrons. The van der Waals surface area contributed by atoms with E-state index < -0.39 is 0 Å². The number of ether oxygens (including phenoxy) is 1. The van der Waals surface area contributed by atoms with Gasteiger partial charge in [-0.3, -0.25) is 0 Å². The minimum absolute atomic E-state index is 0.359. The molecule has 1 nitrogen and oxygen atoms in total. The molecule has 24 heavy (non-hydrogen) atoms. The van der Waals surface area contributed by atoms with Crippen molar-refractivity contribution in [1.29, 1.82) is 0 Å². The summed E-state index contributed by atoms with van der Waals surface area (Å²) in [6.45, 7) is 8.55. The lowest BCUT2D eigenvalue weighted by molar-refractivity contribution is 0.0744. The smallest absolute Gasteiger partial charge is 0.127 e. The molecule has 1 rings (SSSR count). The standard InChI is InChI=1S/C23H42O/c1-4-6-8-10-11-12-13-14-15-16-18-20-23-22(21(3)24-23)19-17-9-7-5-2/h19,23H,3-18,20H2,1-2H3/b22-19-. The average molecular weight is 335 g/mol. The molecule has 0 saturated carbocycles. The molecule has 1 aliphatic rings. The molecule has 1 aliphatic heterocycles. The molecule has 0 bridgehead atoms. The van der Waals surface area contributed by atoms with Gasteiger partial charge in [0.1, 0.15) is 11.9 Å². The second-order valence-electron chi connectivity index (χ2n) is 7.51. The fourth-order valence-corrected chi connectivity index (χ4v) is 3.53. The normalized spacial score (nSPS) is 18.7. The van der Waals surface area contributed by atoms with Gasteiger partial charge < -0.3 is 4.74 Å². The van der Waals surface area contributed by atoms with Crippen molar-refractivity contribution in [2.45, 2.75) is 123 Å². The Bertz CT molecular complexity index is 342. The van der Waals surface area contributed by atoms with Crippen LogP contribution in [0.25, 0.3) is 0 Å². The Hall–Kier alpha value is -0.720. The van der Waals surface area contributed by atoms with E-state index in [-0.39, 0.29) is 0 Å². The maximum absolute atomic E-state index is 5.74. The van der Waals surface area contributed by atoms with Crippen LogP contribution in [0.15, 0.2) is 24.0 Å². The van der Waals surface area contributed by atoms with E-state index in [1.54, 1.807) is 0 Å². The molecule has 1 fully saturated rings. The van der Waals surface area contributed by atoms with Crippen LogP contribution in [-0.2, 0) is 4.74 Å². The highest BCUT2D eigenvalue weighted by Gasteiger charge is 2.29. The van der Waals surface area contributed by atoms with Crippen molar-refractivity contribution in [2.24, 2.45) is 0 Å². The predicted molar refractivity (Wildman–Crippen MR) is 107 cm³/mol. The van der Waals surface area contributed by atoms with Crippen molar-refractivity contribution < 1.29 is 4.74 Å². The van der Waals surface area contributed by atoms with Gasteiger partial charge in [-0.25, -0.2) is 0 Å². The van der Waals surface area contributed by atoms with Crippen LogP contribution in [0, 0.1) is 0 Å². The van der Waals surface area contributed by atoms with Crippen molar-refractivity contribution in [2.75, 3.05) is 0 Å². The van der Waals surface area contributed by atoms with Gasteiger partial charge in [0.15, 0.2) is 0 Å². The van der Waals surface area contributed by atoms with E-state index in [2.05, 4.69) is 26.5 Å². The van der Waals surface area contributed by atoms with E-state index in [0.717, 1.165) is 5.76 Å². The zero-order valence-electron chi connectivity index (χ0n) is 16.6. The van der Waals surface area contributed by atoms with Crippen molar-refractivity contribution in [3.63, 3.8) is 0 Å². The first-order chi connectivity index (χ1) is 11.8. The number of allylic oxidation sites excluding steroid dienone is 1. The first-order valence-electron chi connectivity index (χ1n) is 10.9. The lowest BCUT2D eigenvalue weighted by atomic mass is 9.95. The number of rotatable bonds is 16. The Balaban J connectivity index is 1.92. The second-order valence-corrected chi connectivity index (χ2v) is 7.51. The topological polar surface area (TPSA) is 9.23 Å². The largest absolute Gasteiger partial charge is 0.486 e. The van der Waals surface area contributed by atoms with Crippen LogP contribution < -0.4 is 0 Å². The number of hydrogen-bond donors (Lipinski definition) is 0. The van der Waals surface area contributed by atoms with Gasteiger partial charge in [0.05, 0.1) is 0 Å². The van der Waals surface area contributed by atoms with Crippen molar-refractivity contribution in [3.05, 3.63) is 24.0 Å². The van der Waals surface area contributed by atoms with E-state index in [1.165, 1.54) is 108 Å². The third-order valence-electron chi connectivity index (χ3n) is 5.20. The molecule has 1 heterocycles. The zero-order chi connectivity index (χ0) is 17.5. The molecule has 0 amide bonds. The highest BCUT2D eigenvalue weighted by molar-refractivity contribution is 5.35. The summed E-state index contributed by atoms with van der Waals surface area (Å²) in [5.74, 6) is 0.930. The first-order valence-corrected chi connectivity index (χ1v) is 10.9. The predicted octanol–water partition coefficient (Wildman–Crippen LogP) is 8.11. The van der Waals surface area contributed by atoms with E-state index in [1.807, 2.05) is 0 Å². The molecule has 1 unspecified atom stereocenters. The van der Waals surface area contributed by atoms with E-state index in [0.29, 0.717) is 6.10 Å². The molecular formula is C23H42O. The third-order valence-corrected chi connectivity index (χ3v) is 5.20. The molecule has 0 aromatic heterocycles. The summed E-state index contributed by atoms with van der Waals surface area (Å²) in [6, 6.07) is 0. The molecule has 0 aromatic carbocycles. The Morgan fingerprint density at radius 1 is 0.750 bits per heavy atom. The summed E-state index contributed by atoms with van der Waals surface area (Å²) in [5.41, 5.74) is 1.40. The molecule has 0 aromatic rings. The lowest BCUT2D eigenvalue weighted by Crippen LogP contribution is -2.28. The van der Waals surface area contributed by atoms with Gasteiger partial charge in [-0.1, -0.05) is 104 Å². The number of unbranched alkanes of at least 4 members (excludes halogenated alkanes) is 13. The van der Waals surface area contributed by atoms with Crippen LogP contribution >= 0.6 is 0 Å². The van der Waals surface area contributed by atoms with Crippen LogP contribution in [0.4, 0.5) is 0 Å². The number of hydrogen-bond acceptors (Lipinski definition) is 1. The van der Waals surface area contributed by atoms with Crippen LogP contribution in [-0.4, -0.2) is 6.10 Å². The Labute approximate surface area is 151 Å². The average Bonchev–Trinajstić information content (AvgIpc) is 2.58. The van der Waals surface area contributed by atoms with E-state index >= 15 is 0 Å². The molecule has 1 heteroatoms. The molecule has 0 spiro atoms. The SMILES string of the molecule is C=C1OC(CCCCCCCCCCCCC)/C1=C\CCCCC. The van der Waals surface area contributed by atoms with Crippen molar-refractivity contribution in [3.8, 4) is 0 Å². The molecule has 1 atom stereocenters. The summed E-state index contributed by atoms with van der Waals surface area (Å²) in [7, 11) is 0. The zero-order valence-corrected chi connectivity index (χ0v) is 16.6. The van der Waals surface area contributed by atoms with Gasteiger partial charge in [0, 0.05) is 5.57 Å². The van der Waals surface area contributed by atoms with Crippen LogP contribution in [0.5, 0.6) is 0 Å². The van der Waals surface area contributed by atoms with Crippen LogP contribution in [0.1, 0.15) is 117 Å².